The molecule has 10 heteroatoms. The third-order valence-electron chi connectivity index (χ3n) is 2.72. The first-order chi connectivity index (χ1) is 11.4. The van der Waals surface area contributed by atoms with Gasteiger partial charge in [0.15, 0.2) is 0 Å². The summed E-state index contributed by atoms with van der Waals surface area (Å²) in [4.78, 5) is 25.0. The zero-order valence-corrected chi connectivity index (χ0v) is 15.7. The van der Waals surface area contributed by atoms with Crippen LogP contribution in [0.3, 0.4) is 0 Å². The lowest BCUT2D eigenvalue weighted by Gasteiger charge is -2.01. The van der Waals surface area contributed by atoms with Crippen LogP contribution in [-0.4, -0.2) is 23.2 Å². The topological polar surface area (TPSA) is 82.9 Å². The van der Waals surface area contributed by atoms with E-state index in [0.29, 0.717) is 20.1 Å². The van der Waals surface area contributed by atoms with Crippen LogP contribution in [0.2, 0.25) is 8.67 Å². The monoisotopic (exact) mass is 402 g/mol. The van der Waals surface area contributed by atoms with E-state index in [1.165, 1.54) is 22.7 Å². The molecule has 0 spiro atoms. The molecule has 2 aromatic rings. The van der Waals surface area contributed by atoms with Crippen LogP contribution in [-0.2, 0) is 9.59 Å². The number of nitrogens with zero attached hydrogens (tertiary/aromatic N) is 2. The molecular weight excluding hydrogens is 391 g/mol. The fourth-order valence-electron chi connectivity index (χ4n) is 1.50. The molecule has 2 rings (SSSR count). The van der Waals surface area contributed by atoms with E-state index in [2.05, 4.69) is 21.1 Å². The number of hydrazone groups is 2. The smallest absolute Gasteiger partial charge is 0.262 e. The lowest BCUT2D eigenvalue weighted by atomic mass is 10.3. The highest BCUT2D eigenvalue weighted by Crippen LogP contribution is 2.22. The van der Waals surface area contributed by atoms with Crippen molar-refractivity contribution in [3.05, 3.63) is 42.7 Å². The highest BCUT2D eigenvalue weighted by atomic mass is 35.5. The minimum Gasteiger partial charge on any atom is -0.262 e. The van der Waals surface area contributed by atoms with Crippen molar-refractivity contribution in [1.29, 1.82) is 0 Å². The van der Waals surface area contributed by atoms with Crippen molar-refractivity contribution in [2.24, 2.45) is 10.2 Å². The molecule has 0 fully saturated rings. The van der Waals surface area contributed by atoms with E-state index in [1.807, 2.05) is 0 Å². The Labute approximate surface area is 156 Å². The summed E-state index contributed by atoms with van der Waals surface area (Å²) in [5, 5.41) is 7.72. The van der Waals surface area contributed by atoms with Crippen LogP contribution in [0.15, 0.2) is 34.5 Å². The van der Waals surface area contributed by atoms with Gasteiger partial charge in [0.1, 0.15) is 0 Å². The molecule has 2 amide bonds. The van der Waals surface area contributed by atoms with E-state index in [-0.39, 0.29) is 0 Å². The first-order valence-electron chi connectivity index (χ1n) is 6.57. The summed E-state index contributed by atoms with van der Waals surface area (Å²) in [5.41, 5.74) is 5.43. The number of amides is 2. The minimum atomic E-state index is -0.919. The predicted molar refractivity (Wildman–Crippen MR) is 99.4 cm³/mol. The molecule has 0 bridgehead atoms. The summed E-state index contributed by atoms with van der Waals surface area (Å²) in [5.74, 6) is -1.84. The zero-order chi connectivity index (χ0) is 17.7. The summed E-state index contributed by atoms with van der Waals surface area (Å²) in [6.07, 6.45) is 0. The number of rotatable bonds is 4. The van der Waals surface area contributed by atoms with Gasteiger partial charge in [-0.2, -0.15) is 10.2 Å². The van der Waals surface area contributed by atoms with Crippen molar-refractivity contribution in [2.75, 3.05) is 0 Å². The number of thiophene rings is 2. The van der Waals surface area contributed by atoms with Crippen LogP contribution in [0.4, 0.5) is 0 Å². The van der Waals surface area contributed by atoms with Crippen LogP contribution in [0.5, 0.6) is 0 Å². The highest BCUT2D eigenvalue weighted by molar-refractivity contribution is 7.18. The fourth-order valence-corrected chi connectivity index (χ4v) is 3.47. The largest absolute Gasteiger partial charge is 0.331 e. The molecule has 2 aromatic heterocycles. The van der Waals surface area contributed by atoms with Gasteiger partial charge in [0, 0.05) is 0 Å². The molecule has 24 heavy (non-hydrogen) atoms. The number of carbonyl (C=O) groups is 2. The van der Waals surface area contributed by atoms with Crippen LogP contribution in [0.25, 0.3) is 0 Å². The number of nitrogens with one attached hydrogen (secondary N) is 2. The third kappa shape index (κ3) is 5.13. The van der Waals surface area contributed by atoms with Gasteiger partial charge in [-0.15, -0.1) is 22.7 Å². The zero-order valence-electron chi connectivity index (χ0n) is 12.6. The van der Waals surface area contributed by atoms with Gasteiger partial charge < -0.3 is 0 Å². The van der Waals surface area contributed by atoms with E-state index in [0.717, 1.165) is 9.75 Å². The third-order valence-corrected chi connectivity index (χ3v) is 5.40. The van der Waals surface area contributed by atoms with E-state index in [4.69, 9.17) is 23.2 Å². The molecule has 0 atom stereocenters. The van der Waals surface area contributed by atoms with Gasteiger partial charge in [0.2, 0.25) is 0 Å². The number of hydrogen-bond donors (Lipinski definition) is 2. The lowest BCUT2D eigenvalue weighted by Crippen LogP contribution is -2.36. The molecule has 0 aliphatic carbocycles. The molecule has 0 saturated heterocycles. The lowest BCUT2D eigenvalue weighted by molar-refractivity contribution is -0.139. The molecule has 6 nitrogen and oxygen atoms in total. The van der Waals surface area contributed by atoms with Crippen molar-refractivity contribution >= 4 is 69.1 Å². The molecule has 0 saturated carbocycles. The quantitative estimate of drug-likeness (QED) is 0.465. The Morgan fingerprint density at radius 1 is 0.833 bits per heavy atom. The molecule has 126 valence electrons. The van der Waals surface area contributed by atoms with Gasteiger partial charge in [-0.05, 0) is 38.1 Å². The Morgan fingerprint density at radius 3 is 1.50 bits per heavy atom. The molecule has 0 radical (unpaired) electrons. The first kappa shape index (κ1) is 18.6. The van der Waals surface area contributed by atoms with E-state index in [9.17, 15) is 9.59 Å². The van der Waals surface area contributed by atoms with Gasteiger partial charge in [0.25, 0.3) is 0 Å². The fraction of sp³-hybridized carbons (Fsp3) is 0.143. The SMILES string of the molecule is C/C(=N/NC(=O)C(=O)N/N=C(/C)c1ccc(Cl)s1)c1ccc(Cl)s1. The summed E-state index contributed by atoms with van der Waals surface area (Å²) < 4.78 is 1.23. The van der Waals surface area contributed by atoms with E-state index in [1.54, 1.807) is 38.1 Å². The van der Waals surface area contributed by atoms with Crippen LogP contribution in [0, 0.1) is 0 Å². The molecular formula is C14H12Cl2N4O2S2. The normalized spacial score (nSPS) is 12.2. The van der Waals surface area contributed by atoms with Gasteiger partial charge in [-0.3, -0.25) is 9.59 Å². The Kier molecular flexibility index (Phi) is 6.50. The summed E-state index contributed by atoms with van der Waals surface area (Å²) >= 11 is 14.3. The molecule has 2 N–H and O–H groups in total. The summed E-state index contributed by atoms with van der Waals surface area (Å²) in [6.45, 7) is 3.40. The molecule has 2 heterocycles. The number of carbonyl (C=O) groups excluding carboxylic acids is 2. The predicted octanol–water partition coefficient (Wildman–Crippen LogP) is 3.50. The second-order valence-corrected chi connectivity index (χ2v) is 7.91. The van der Waals surface area contributed by atoms with Crippen molar-refractivity contribution in [1.82, 2.24) is 10.9 Å². The van der Waals surface area contributed by atoms with Gasteiger partial charge in [-0.1, -0.05) is 23.2 Å². The van der Waals surface area contributed by atoms with Crippen LogP contribution < -0.4 is 10.9 Å². The average molecular weight is 403 g/mol. The maximum Gasteiger partial charge on any atom is 0.331 e. The summed E-state index contributed by atoms with van der Waals surface area (Å²) in [7, 11) is 0. The van der Waals surface area contributed by atoms with Crippen LogP contribution in [0.1, 0.15) is 23.6 Å². The van der Waals surface area contributed by atoms with Crippen LogP contribution >= 0.6 is 45.9 Å². The van der Waals surface area contributed by atoms with Gasteiger partial charge >= 0.3 is 11.8 Å². The van der Waals surface area contributed by atoms with E-state index >= 15 is 0 Å². The van der Waals surface area contributed by atoms with Crippen molar-refractivity contribution in [3.8, 4) is 0 Å². The second kappa shape index (κ2) is 8.39. The molecule has 0 unspecified atom stereocenters. The van der Waals surface area contributed by atoms with Crippen molar-refractivity contribution in [3.63, 3.8) is 0 Å². The average Bonchev–Trinajstić information content (AvgIpc) is 3.18. The van der Waals surface area contributed by atoms with E-state index < -0.39 is 11.8 Å². The molecule has 0 aliphatic heterocycles. The standard InChI is InChI=1S/C14H12Cl2N4O2S2/c1-7(9-3-5-11(15)23-9)17-19-13(21)14(22)20-18-8(2)10-4-6-12(16)24-10/h3-6H,1-2H3,(H,19,21)(H,20,22)/b17-7-,18-8-. The number of halogens is 2. The second-order valence-electron chi connectivity index (χ2n) is 4.48. The maximum atomic E-state index is 11.7. The molecule has 0 aromatic carbocycles. The first-order valence-corrected chi connectivity index (χ1v) is 8.96. The maximum absolute atomic E-state index is 11.7. The minimum absolute atomic E-state index is 0.543. The van der Waals surface area contributed by atoms with Crippen molar-refractivity contribution < 1.29 is 9.59 Å². The molecule has 0 aliphatic rings. The summed E-state index contributed by atoms with van der Waals surface area (Å²) in [6, 6.07) is 7.00. The van der Waals surface area contributed by atoms with Gasteiger partial charge in [-0.25, -0.2) is 10.9 Å². The Balaban J connectivity index is 1.91. The highest BCUT2D eigenvalue weighted by Gasteiger charge is 2.13. The van der Waals surface area contributed by atoms with Gasteiger partial charge in [0.05, 0.1) is 29.9 Å². The van der Waals surface area contributed by atoms with Crippen molar-refractivity contribution in [2.45, 2.75) is 13.8 Å². The number of hydrogen-bond acceptors (Lipinski definition) is 6. The Morgan fingerprint density at radius 2 is 1.21 bits per heavy atom. The Hall–Kier alpha value is -1.74. The Bertz CT molecular complexity index is 758.